The second-order valence-electron chi connectivity index (χ2n) is 7.02. The van der Waals surface area contributed by atoms with E-state index >= 15 is 0 Å². The minimum absolute atomic E-state index is 0.233. The monoisotopic (exact) mass is 398 g/mol. The van der Waals surface area contributed by atoms with Gasteiger partial charge in [-0.2, -0.15) is 0 Å². The molecule has 0 aliphatic heterocycles. The maximum atomic E-state index is 13.1. The van der Waals surface area contributed by atoms with Crippen LogP contribution in [-0.2, 0) is 6.42 Å². The number of aromatic nitrogens is 2. The van der Waals surface area contributed by atoms with Crippen molar-refractivity contribution in [3.8, 4) is 10.4 Å². The fourth-order valence-electron chi connectivity index (χ4n) is 2.96. The van der Waals surface area contributed by atoms with Crippen molar-refractivity contribution in [1.29, 1.82) is 0 Å². The average Bonchev–Trinajstić information content (AvgIpc) is 3.14. The van der Waals surface area contributed by atoms with E-state index in [4.69, 9.17) is 4.98 Å². The van der Waals surface area contributed by atoms with Gasteiger partial charge in [0.2, 0.25) is 0 Å². The quantitative estimate of drug-likeness (QED) is 0.433. The highest BCUT2D eigenvalue weighted by molar-refractivity contribution is 7.18. The number of pyridine rings is 1. The van der Waals surface area contributed by atoms with Gasteiger partial charge in [-0.3, -0.25) is 0 Å². The normalized spacial score (nSPS) is 12.1. The highest BCUT2D eigenvalue weighted by atomic mass is 32.1. The van der Waals surface area contributed by atoms with Crippen molar-refractivity contribution >= 4 is 22.3 Å². The molecule has 0 aliphatic carbocycles. The minimum Gasteiger partial charge on any atom is -0.317 e. The molecule has 1 unspecified atom stereocenters. The molecule has 0 bridgehead atoms. The number of benzene rings is 1. The molecule has 0 saturated carbocycles. The summed E-state index contributed by atoms with van der Waals surface area (Å²) < 4.78 is 13.1. The largest absolute Gasteiger partial charge is 0.317 e. The molecule has 3 rings (SSSR count). The summed E-state index contributed by atoms with van der Waals surface area (Å²) in [7, 11) is 0. The number of anilines is 2. The van der Waals surface area contributed by atoms with E-state index in [1.165, 1.54) is 29.9 Å². The van der Waals surface area contributed by atoms with Crippen LogP contribution in [0.25, 0.3) is 10.4 Å². The van der Waals surface area contributed by atoms with Gasteiger partial charge in [0.15, 0.2) is 5.13 Å². The number of hydrogen-bond donors (Lipinski definition) is 2. The van der Waals surface area contributed by atoms with E-state index in [0.29, 0.717) is 5.92 Å². The van der Waals surface area contributed by atoms with E-state index < -0.39 is 0 Å². The van der Waals surface area contributed by atoms with Gasteiger partial charge in [0.1, 0.15) is 11.6 Å². The Labute approximate surface area is 170 Å². The van der Waals surface area contributed by atoms with Crippen LogP contribution < -0.4 is 10.6 Å². The summed E-state index contributed by atoms with van der Waals surface area (Å²) in [5.41, 5.74) is 2.04. The first-order valence-electron chi connectivity index (χ1n) is 9.79. The lowest BCUT2D eigenvalue weighted by Gasteiger charge is -2.12. The maximum Gasteiger partial charge on any atom is 0.188 e. The van der Waals surface area contributed by atoms with Crippen LogP contribution in [0.4, 0.5) is 15.3 Å². The lowest BCUT2D eigenvalue weighted by Crippen LogP contribution is -2.18. The topological polar surface area (TPSA) is 49.8 Å². The zero-order valence-corrected chi connectivity index (χ0v) is 17.2. The van der Waals surface area contributed by atoms with Crippen LogP contribution in [0.15, 0.2) is 48.7 Å². The van der Waals surface area contributed by atoms with Crippen molar-refractivity contribution < 1.29 is 4.39 Å². The Morgan fingerprint density at radius 1 is 1.11 bits per heavy atom. The van der Waals surface area contributed by atoms with Gasteiger partial charge in [-0.25, -0.2) is 14.4 Å². The fourth-order valence-corrected chi connectivity index (χ4v) is 3.79. The molecule has 1 aromatic carbocycles. The van der Waals surface area contributed by atoms with Gasteiger partial charge in [-0.15, -0.1) is 0 Å². The van der Waals surface area contributed by atoms with E-state index in [0.717, 1.165) is 53.0 Å². The maximum absolute atomic E-state index is 13.1. The predicted octanol–water partition coefficient (Wildman–Crippen LogP) is 5.66. The summed E-state index contributed by atoms with van der Waals surface area (Å²) in [4.78, 5) is 10.1. The Hall–Kier alpha value is -2.31. The van der Waals surface area contributed by atoms with Crippen LogP contribution in [0.5, 0.6) is 0 Å². The van der Waals surface area contributed by atoms with Gasteiger partial charge in [0.25, 0.3) is 0 Å². The number of nitrogens with zero attached hydrogens (tertiary/aromatic N) is 2. The number of hydrogen-bond acceptors (Lipinski definition) is 5. The highest BCUT2D eigenvalue weighted by Crippen LogP contribution is 2.30. The number of halogens is 1. The molecule has 2 heterocycles. The Balaban J connectivity index is 1.58. The number of nitrogens with one attached hydrogen (secondary N) is 2. The SMILES string of the molecule is CCCNCCC(C)Cc1cccc(Nc2ncc(-c3ccc(F)cc3)s2)n1. The Kier molecular flexibility index (Phi) is 7.51. The summed E-state index contributed by atoms with van der Waals surface area (Å²) in [6.45, 7) is 6.59. The van der Waals surface area contributed by atoms with Crippen molar-refractivity contribution in [3.05, 3.63) is 60.2 Å². The van der Waals surface area contributed by atoms with Crippen molar-refractivity contribution in [2.45, 2.75) is 33.1 Å². The van der Waals surface area contributed by atoms with E-state index in [-0.39, 0.29) is 5.82 Å². The molecule has 0 aliphatic rings. The molecule has 4 nitrogen and oxygen atoms in total. The first-order chi connectivity index (χ1) is 13.6. The third kappa shape index (κ3) is 6.11. The predicted molar refractivity (Wildman–Crippen MR) is 116 cm³/mol. The fraction of sp³-hybridized carbons (Fsp3) is 0.364. The molecule has 148 valence electrons. The summed E-state index contributed by atoms with van der Waals surface area (Å²) in [6, 6.07) is 12.5. The molecule has 0 fully saturated rings. The molecule has 0 spiro atoms. The van der Waals surface area contributed by atoms with Crippen LogP contribution in [0.2, 0.25) is 0 Å². The lowest BCUT2D eigenvalue weighted by molar-refractivity contribution is 0.494. The molecule has 3 aromatic rings. The second kappa shape index (κ2) is 10.3. The van der Waals surface area contributed by atoms with Gasteiger partial charge < -0.3 is 10.6 Å². The third-order valence-corrected chi connectivity index (χ3v) is 5.44. The second-order valence-corrected chi connectivity index (χ2v) is 8.05. The van der Waals surface area contributed by atoms with E-state index in [9.17, 15) is 4.39 Å². The number of rotatable bonds is 10. The van der Waals surface area contributed by atoms with Gasteiger partial charge in [0.05, 0.1) is 4.88 Å². The summed E-state index contributed by atoms with van der Waals surface area (Å²) in [5.74, 6) is 1.15. The van der Waals surface area contributed by atoms with E-state index in [1.54, 1.807) is 18.3 Å². The molecular formula is C22H27FN4S. The van der Waals surface area contributed by atoms with Gasteiger partial charge in [-0.1, -0.05) is 43.4 Å². The van der Waals surface area contributed by atoms with Crippen LogP contribution >= 0.6 is 11.3 Å². The first-order valence-corrected chi connectivity index (χ1v) is 10.6. The Morgan fingerprint density at radius 3 is 2.71 bits per heavy atom. The molecule has 0 saturated heterocycles. The highest BCUT2D eigenvalue weighted by Gasteiger charge is 2.08. The van der Waals surface area contributed by atoms with Crippen LogP contribution in [0.1, 0.15) is 32.4 Å². The lowest BCUT2D eigenvalue weighted by atomic mass is 10.0. The smallest absolute Gasteiger partial charge is 0.188 e. The van der Waals surface area contributed by atoms with Crippen molar-refractivity contribution in [3.63, 3.8) is 0 Å². The number of thiazole rings is 1. The van der Waals surface area contributed by atoms with Crippen LogP contribution in [0, 0.1) is 11.7 Å². The van der Waals surface area contributed by atoms with Crippen molar-refractivity contribution in [2.24, 2.45) is 5.92 Å². The summed E-state index contributed by atoms with van der Waals surface area (Å²) in [5, 5.41) is 7.52. The van der Waals surface area contributed by atoms with E-state index in [1.807, 2.05) is 12.1 Å². The molecular weight excluding hydrogens is 371 g/mol. The van der Waals surface area contributed by atoms with Crippen molar-refractivity contribution in [2.75, 3.05) is 18.4 Å². The standard InChI is InChI=1S/C22H27FN4S/c1-3-12-24-13-11-16(2)14-19-5-4-6-21(26-19)27-22-25-15-20(28-22)17-7-9-18(23)10-8-17/h4-10,15-16,24H,3,11-14H2,1-2H3,(H,25,26,27). The molecule has 28 heavy (non-hydrogen) atoms. The zero-order chi connectivity index (χ0) is 19.8. The van der Waals surface area contributed by atoms with Crippen molar-refractivity contribution in [1.82, 2.24) is 15.3 Å². The molecule has 6 heteroatoms. The molecule has 0 radical (unpaired) electrons. The molecule has 0 amide bonds. The van der Waals surface area contributed by atoms with Gasteiger partial charge in [-0.05, 0) is 68.1 Å². The summed E-state index contributed by atoms with van der Waals surface area (Å²) in [6.07, 6.45) is 5.08. The molecule has 1 atom stereocenters. The van der Waals surface area contributed by atoms with Gasteiger partial charge in [0, 0.05) is 11.9 Å². The first kappa shape index (κ1) is 20.4. The van der Waals surface area contributed by atoms with E-state index in [2.05, 4.69) is 35.5 Å². The van der Waals surface area contributed by atoms with Gasteiger partial charge >= 0.3 is 0 Å². The zero-order valence-electron chi connectivity index (χ0n) is 16.4. The summed E-state index contributed by atoms with van der Waals surface area (Å²) >= 11 is 1.53. The Morgan fingerprint density at radius 2 is 1.93 bits per heavy atom. The Bertz CT molecular complexity index is 863. The van der Waals surface area contributed by atoms with Crippen LogP contribution in [-0.4, -0.2) is 23.1 Å². The van der Waals surface area contributed by atoms with Crippen LogP contribution in [0.3, 0.4) is 0 Å². The average molecular weight is 399 g/mol. The minimum atomic E-state index is -0.233. The third-order valence-electron chi connectivity index (χ3n) is 4.47. The molecule has 2 N–H and O–H groups in total. The molecule has 2 aromatic heterocycles.